The molecule has 19 heavy (non-hydrogen) atoms. The molecular formula is C15H16N2O2. The van der Waals surface area contributed by atoms with E-state index in [0.29, 0.717) is 32.7 Å². The predicted molar refractivity (Wildman–Crippen MR) is 69.2 cm³/mol. The van der Waals surface area contributed by atoms with E-state index >= 15 is 0 Å². The molecule has 3 rings (SSSR count). The van der Waals surface area contributed by atoms with E-state index in [-0.39, 0.29) is 11.8 Å². The molecule has 1 aliphatic heterocycles. The van der Waals surface area contributed by atoms with E-state index in [0.717, 1.165) is 5.56 Å². The van der Waals surface area contributed by atoms with Crippen LogP contribution in [0.25, 0.3) is 0 Å². The summed E-state index contributed by atoms with van der Waals surface area (Å²) < 4.78 is 5.25. The van der Waals surface area contributed by atoms with Gasteiger partial charge in [0, 0.05) is 19.0 Å². The van der Waals surface area contributed by atoms with Crippen LogP contribution in [0.3, 0.4) is 0 Å². The van der Waals surface area contributed by atoms with Crippen LogP contribution in [0.4, 0.5) is 0 Å². The molecule has 1 saturated heterocycles. The van der Waals surface area contributed by atoms with Crippen molar-refractivity contribution in [3.05, 3.63) is 35.9 Å². The minimum Gasteiger partial charge on any atom is -0.378 e. The van der Waals surface area contributed by atoms with E-state index in [2.05, 4.69) is 6.07 Å². The molecule has 0 spiro atoms. The summed E-state index contributed by atoms with van der Waals surface area (Å²) in [6.07, 6.45) is 0.643. The highest BCUT2D eigenvalue weighted by Gasteiger charge is 2.62. The molecule has 0 bridgehead atoms. The third-order valence-electron chi connectivity index (χ3n) is 4.04. The van der Waals surface area contributed by atoms with Crippen LogP contribution in [0.1, 0.15) is 17.9 Å². The topological polar surface area (TPSA) is 53.3 Å². The fourth-order valence-electron chi connectivity index (χ4n) is 2.81. The van der Waals surface area contributed by atoms with Gasteiger partial charge in [0.2, 0.25) is 5.91 Å². The van der Waals surface area contributed by atoms with E-state index < -0.39 is 5.41 Å². The van der Waals surface area contributed by atoms with Crippen molar-refractivity contribution in [2.24, 2.45) is 5.41 Å². The number of carbonyl (C=O) groups is 1. The second kappa shape index (κ2) is 4.67. The van der Waals surface area contributed by atoms with Crippen LogP contribution in [-0.2, 0) is 9.53 Å². The number of nitriles is 1. The van der Waals surface area contributed by atoms with Crippen molar-refractivity contribution in [1.82, 2.24) is 4.90 Å². The molecule has 1 aromatic carbocycles. The molecule has 1 aromatic rings. The summed E-state index contributed by atoms with van der Waals surface area (Å²) in [5.41, 5.74) is 0.254. The van der Waals surface area contributed by atoms with Crippen molar-refractivity contribution in [3.63, 3.8) is 0 Å². The standard InChI is InChI=1S/C15H16N2O2/c16-11-15(14(18)17-6-8-19-9-7-17)10-13(15)12-4-2-1-3-5-12/h1-5,13H,6-10H2/t13-,15-/m1/s1. The Morgan fingerprint density at radius 2 is 2.00 bits per heavy atom. The number of carbonyl (C=O) groups excluding carboxylic acids is 1. The average molecular weight is 256 g/mol. The second-order valence-electron chi connectivity index (χ2n) is 5.16. The molecule has 98 valence electrons. The van der Waals surface area contributed by atoms with E-state index in [1.54, 1.807) is 4.90 Å². The summed E-state index contributed by atoms with van der Waals surface area (Å²) in [4.78, 5) is 14.3. The first kappa shape index (κ1) is 12.2. The van der Waals surface area contributed by atoms with Gasteiger partial charge < -0.3 is 9.64 Å². The lowest BCUT2D eigenvalue weighted by Gasteiger charge is -2.28. The van der Waals surface area contributed by atoms with Crippen molar-refractivity contribution >= 4 is 5.91 Å². The van der Waals surface area contributed by atoms with Crippen molar-refractivity contribution < 1.29 is 9.53 Å². The van der Waals surface area contributed by atoms with E-state index in [1.807, 2.05) is 30.3 Å². The first-order chi connectivity index (χ1) is 9.28. The monoisotopic (exact) mass is 256 g/mol. The Morgan fingerprint density at radius 3 is 2.63 bits per heavy atom. The molecule has 1 saturated carbocycles. The molecule has 2 atom stereocenters. The number of benzene rings is 1. The van der Waals surface area contributed by atoms with Crippen molar-refractivity contribution in [3.8, 4) is 6.07 Å². The summed E-state index contributed by atoms with van der Waals surface area (Å²) in [6.45, 7) is 2.35. The third kappa shape index (κ3) is 2.00. The fraction of sp³-hybridized carbons (Fsp3) is 0.467. The lowest BCUT2D eigenvalue weighted by Crippen LogP contribution is -2.44. The maximum atomic E-state index is 12.5. The van der Waals surface area contributed by atoms with Crippen LogP contribution < -0.4 is 0 Å². The number of ether oxygens (including phenoxy) is 1. The number of morpholine rings is 1. The van der Waals surface area contributed by atoms with Crippen molar-refractivity contribution in [2.45, 2.75) is 12.3 Å². The third-order valence-corrected chi connectivity index (χ3v) is 4.04. The normalized spacial score (nSPS) is 29.6. The van der Waals surface area contributed by atoms with Crippen molar-refractivity contribution in [1.29, 1.82) is 5.26 Å². The molecule has 4 heteroatoms. The van der Waals surface area contributed by atoms with E-state index in [1.165, 1.54) is 0 Å². The van der Waals surface area contributed by atoms with Crippen LogP contribution >= 0.6 is 0 Å². The first-order valence-electron chi connectivity index (χ1n) is 6.61. The number of rotatable bonds is 2. The van der Waals surface area contributed by atoms with Gasteiger partial charge in [-0.2, -0.15) is 5.26 Å². The van der Waals surface area contributed by atoms with Gasteiger partial charge in [0.05, 0.1) is 19.3 Å². The molecular weight excluding hydrogens is 240 g/mol. The zero-order valence-electron chi connectivity index (χ0n) is 10.7. The van der Waals surface area contributed by atoms with Gasteiger partial charge in [0.15, 0.2) is 0 Å². The highest BCUT2D eigenvalue weighted by atomic mass is 16.5. The second-order valence-corrected chi connectivity index (χ2v) is 5.16. The number of hydrogen-bond donors (Lipinski definition) is 0. The lowest BCUT2D eigenvalue weighted by atomic mass is 9.98. The molecule has 1 heterocycles. The maximum absolute atomic E-state index is 12.5. The quantitative estimate of drug-likeness (QED) is 0.806. The largest absolute Gasteiger partial charge is 0.378 e. The summed E-state index contributed by atoms with van der Waals surface area (Å²) in [7, 11) is 0. The zero-order chi connectivity index (χ0) is 13.3. The predicted octanol–water partition coefficient (Wildman–Crippen LogP) is 1.54. The Balaban J connectivity index is 1.79. The van der Waals surface area contributed by atoms with Crippen LogP contribution in [-0.4, -0.2) is 37.1 Å². The average Bonchev–Trinajstić information content (AvgIpc) is 3.24. The van der Waals surface area contributed by atoms with Gasteiger partial charge in [-0.25, -0.2) is 0 Å². The fourth-order valence-corrected chi connectivity index (χ4v) is 2.81. The van der Waals surface area contributed by atoms with Crippen LogP contribution in [0.5, 0.6) is 0 Å². The van der Waals surface area contributed by atoms with E-state index in [4.69, 9.17) is 4.74 Å². The van der Waals surface area contributed by atoms with Gasteiger partial charge in [0.25, 0.3) is 0 Å². The minimum absolute atomic E-state index is 0.0212. The molecule has 0 unspecified atom stereocenters. The van der Waals surface area contributed by atoms with Gasteiger partial charge in [-0.05, 0) is 12.0 Å². The summed E-state index contributed by atoms with van der Waals surface area (Å²) in [5, 5.41) is 9.46. The van der Waals surface area contributed by atoms with Crippen LogP contribution in [0.15, 0.2) is 30.3 Å². The Morgan fingerprint density at radius 1 is 1.32 bits per heavy atom. The molecule has 0 radical (unpaired) electrons. The molecule has 0 N–H and O–H groups in total. The molecule has 4 nitrogen and oxygen atoms in total. The maximum Gasteiger partial charge on any atom is 0.243 e. The van der Waals surface area contributed by atoms with Gasteiger partial charge >= 0.3 is 0 Å². The highest BCUT2D eigenvalue weighted by Crippen LogP contribution is 2.59. The SMILES string of the molecule is N#C[C@]1(C(=O)N2CCOCC2)C[C@@H]1c1ccccc1. The summed E-state index contributed by atoms with van der Waals surface area (Å²) in [6, 6.07) is 12.1. The number of amides is 1. The smallest absolute Gasteiger partial charge is 0.243 e. The Hall–Kier alpha value is -1.86. The van der Waals surface area contributed by atoms with Gasteiger partial charge in [0.1, 0.15) is 5.41 Å². The Labute approximate surface area is 112 Å². The minimum atomic E-state index is -0.835. The Kier molecular flexibility index (Phi) is 3.00. The van der Waals surface area contributed by atoms with Crippen LogP contribution in [0.2, 0.25) is 0 Å². The summed E-state index contributed by atoms with van der Waals surface area (Å²) in [5.74, 6) is 0.0289. The van der Waals surface area contributed by atoms with E-state index in [9.17, 15) is 10.1 Å². The van der Waals surface area contributed by atoms with Crippen LogP contribution in [0, 0.1) is 16.7 Å². The van der Waals surface area contributed by atoms with Gasteiger partial charge in [-0.3, -0.25) is 4.79 Å². The zero-order valence-corrected chi connectivity index (χ0v) is 10.7. The van der Waals surface area contributed by atoms with Crippen molar-refractivity contribution in [2.75, 3.05) is 26.3 Å². The molecule has 0 aromatic heterocycles. The Bertz CT molecular complexity index is 517. The van der Waals surface area contributed by atoms with Gasteiger partial charge in [-0.15, -0.1) is 0 Å². The molecule has 2 fully saturated rings. The van der Waals surface area contributed by atoms with Gasteiger partial charge in [-0.1, -0.05) is 30.3 Å². The number of nitrogens with zero attached hydrogens (tertiary/aromatic N) is 2. The molecule has 1 aliphatic carbocycles. The summed E-state index contributed by atoms with van der Waals surface area (Å²) >= 11 is 0. The molecule has 2 aliphatic rings. The number of hydrogen-bond acceptors (Lipinski definition) is 3. The first-order valence-corrected chi connectivity index (χ1v) is 6.61. The lowest BCUT2D eigenvalue weighted by molar-refractivity contribution is -0.139. The highest BCUT2D eigenvalue weighted by molar-refractivity contribution is 5.90. The molecule has 1 amide bonds.